The van der Waals surface area contributed by atoms with Crippen LogP contribution in [0.5, 0.6) is 0 Å². The third-order valence-corrected chi connectivity index (χ3v) is 7.85. The van der Waals surface area contributed by atoms with Crippen LogP contribution in [-0.2, 0) is 0 Å². The van der Waals surface area contributed by atoms with E-state index in [9.17, 15) is 9.60 Å². The zero-order valence-electron chi connectivity index (χ0n) is 39.3. The van der Waals surface area contributed by atoms with Gasteiger partial charge in [-0.05, 0) is 96.3 Å². The summed E-state index contributed by atoms with van der Waals surface area (Å²) in [7, 11) is 0. The summed E-state index contributed by atoms with van der Waals surface area (Å²) in [5.74, 6) is 0. The van der Waals surface area contributed by atoms with Gasteiger partial charge in [0.25, 0.3) is 0 Å². The van der Waals surface area contributed by atoms with E-state index in [0.29, 0.717) is 27.7 Å². The summed E-state index contributed by atoms with van der Waals surface area (Å²) in [6.07, 6.45) is 0. The quantitative estimate of drug-likeness (QED) is 0.186. The van der Waals surface area contributed by atoms with Crippen LogP contribution in [-0.4, -0.2) is 0 Å². The van der Waals surface area contributed by atoms with Gasteiger partial charge in [-0.1, -0.05) is 139 Å². The molecule has 0 spiro atoms. The van der Waals surface area contributed by atoms with Gasteiger partial charge in [-0.2, -0.15) is 0 Å². The summed E-state index contributed by atoms with van der Waals surface area (Å²) < 4.78 is 151. The highest BCUT2D eigenvalue weighted by molar-refractivity contribution is 6.22. The van der Waals surface area contributed by atoms with Crippen molar-refractivity contribution in [1.29, 1.82) is 0 Å². The largest absolute Gasteiger partial charge is 0.456 e. The van der Waals surface area contributed by atoms with E-state index in [-0.39, 0.29) is 38.2 Å². The molecule has 0 amide bonds. The zero-order chi connectivity index (χ0) is 43.7. The lowest BCUT2D eigenvalue weighted by molar-refractivity contribution is 0.669. The van der Waals surface area contributed by atoms with Crippen molar-refractivity contribution >= 4 is 43.5 Å². The lowest BCUT2D eigenvalue weighted by Crippen LogP contribution is -1.92. The molecular formula is C44H28O. The number of furan rings is 1. The molecule has 0 atom stereocenters. The molecule has 1 heterocycles. The Labute approximate surface area is 284 Å². The number of rotatable bonds is 4. The van der Waals surface area contributed by atoms with E-state index in [4.69, 9.17) is 16.8 Å². The minimum absolute atomic E-state index is 0.0473. The van der Waals surface area contributed by atoms with Crippen LogP contribution < -0.4 is 0 Å². The summed E-state index contributed by atoms with van der Waals surface area (Å²) in [6.45, 7) is 0. The predicted octanol–water partition coefficient (Wildman–Crippen LogP) is 12.6. The molecule has 1 nitrogen and oxygen atoms in total. The lowest BCUT2D eigenvalue weighted by atomic mass is 9.84. The molecule has 0 aliphatic rings. The van der Waals surface area contributed by atoms with Crippen LogP contribution in [0.2, 0.25) is 0 Å². The molecule has 8 aromatic carbocycles. The highest BCUT2D eigenvalue weighted by Crippen LogP contribution is 2.46. The summed E-state index contributed by atoms with van der Waals surface area (Å²) in [5.41, 5.74) is -0.384. The third kappa shape index (κ3) is 4.24. The van der Waals surface area contributed by atoms with Crippen LogP contribution in [0.3, 0.4) is 0 Å². The Morgan fingerprint density at radius 2 is 1.00 bits per heavy atom. The van der Waals surface area contributed by atoms with Gasteiger partial charge in [0.2, 0.25) is 0 Å². The average molecular weight is 589 g/mol. The van der Waals surface area contributed by atoms with Crippen molar-refractivity contribution in [1.82, 2.24) is 0 Å². The minimum atomic E-state index is -0.839. The zero-order valence-corrected chi connectivity index (χ0v) is 23.3. The van der Waals surface area contributed by atoms with Crippen molar-refractivity contribution in [2.75, 3.05) is 0 Å². The van der Waals surface area contributed by atoms with E-state index in [1.807, 2.05) is 18.2 Å². The van der Waals surface area contributed by atoms with Gasteiger partial charge in [0, 0.05) is 10.8 Å². The smallest absolute Gasteiger partial charge is 0.135 e. The fourth-order valence-corrected chi connectivity index (χ4v) is 5.86. The van der Waals surface area contributed by atoms with Gasteiger partial charge in [-0.3, -0.25) is 0 Å². The first-order valence-electron chi connectivity index (χ1n) is 22.1. The second-order valence-corrected chi connectivity index (χ2v) is 10.4. The van der Waals surface area contributed by atoms with E-state index in [0.717, 1.165) is 5.39 Å². The molecule has 0 aliphatic carbocycles. The molecule has 0 radical (unpaired) electrons. The van der Waals surface area contributed by atoms with Gasteiger partial charge in [-0.15, -0.1) is 0 Å². The molecule has 0 N–H and O–H groups in total. The van der Waals surface area contributed by atoms with E-state index in [1.165, 1.54) is 0 Å². The van der Waals surface area contributed by atoms with E-state index >= 15 is 0 Å². The summed E-state index contributed by atoms with van der Waals surface area (Å²) >= 11 is 0. The number of para-hydroxylation sites is 1. The molecule has 1 aromatic heterocycles. The second kappa shape index (κ2) is 10.4. The average Bonchev–Trinajstić information content (AvgIpc) is 3.63. The van der Waals surface area contributed by atoms with Crippen molar-refractivity contribution in [3.63, 3.8) is 0 Å². The fraction of sp³-hybridized carbons (Fsp3) is 0. The SMILES string of the molecule is [2H]c1c([2H])c([2H])c(-c2c([2H])c([2H])c([2H])c(-c3c4c([2H])c([2H])c([2H])c([2H])c4c(-c4ccc5oc6ccccc6c5c4)c4c([2H])c([2H])c(-c5ccccc5)c([2H])c34)c2[2H])c([2H])c1[2H]. The molecule has 9 aromatic rings. The number of benzene rings is 8. The second-order valence-electron chi connectivity index (χ2n) is 10.4. The Bertz CT molecular complexity index is 3400. The standard InChI is InChI=1S/C44H28O/c1-3-12-29(13-4-1)31-16-11-17-33(26-31)44-37-20-8-7-19-36(37)43(38-24-22-32(27-40(38)44)30-14-5-2-6-15-30)34-23-25-42-39(28-34)35-18-9-10-21-41(35)45-42/h1-28H/i1D,3D,4D,7D,8D,11D,12D,13D,16D,17D,19D,20D,22D,24D,26D,27D. The van der Waals surface area contributed by atoms with Gasteiger partial charge in [0.1, 0.15) is 11.2 Å². The molecule has 0 saturated heterocycles. The summed E-state index contributed by atoms with van der Waals surface area (Å²) in [6, 6.07) is 9.62. The van der Waals surface area contributed by atoms with E-state index < -0.39 is 113 Å². The lowest BCUT2D eigenvalue weighted by Gasteiger charge is -2.19. The molecular weight excluding hydrogens is 544 g/mol. The molecule has 9 rings (SSSR count). The molecule has 0 bridgehead atoms. The first-order valence-corrected chi connectivity index (χ1v) is 14.1. The predicted molar refractivity (Wildman–Crippen MR) is 190 cm³/mol. The molecule has 45 heavy (non-hydrogen) atoms. The minimum Gasteiger partial charge on any atom is -0.456 e. The first kappa shape index (κ1) is 14.2. The summed E-state index contributed by atoms with van der Waals surface area (Å²) in [4.78, 5) is 0. The Morgan fingerprint density at radius 1 is 0.356 bits per heavy atom. The Balaban J connectivity index is 1.59. The topological polar surface area (TPSA) is 13.1 Å². The monoisotopic (exact) mass is 588 g/mol. The highest BCUT2D eigenvalue weighted by atomic mass is 16.3. The van der Waals surface area contributed by atoms with Crippen molar-refractivity contribution in [3.8, 4) is 44.5 Å². The molecule has 0 unspecified atom stereocenters. The Hall–Kier alpha value is -5.92. The van der Waals surface area contributed by atoms with Crippen LogP contribution >= 0.6 is 0 Å². The van der Waals surface area contributed by atoms with E-state index in [2.05, 4.69) is 0 Å². The maximum Gasteiger partial charge on any atom is 0.135 e. The summed E-state index contributed by atoms with van der Waals surface area (Å²) in [5, 5.41) is 0.503. The molecule has 0 saturated carbocycles. The van der Waals surface area contributed by atoms with Gasteiger partial charge in [0.05, 0.1) is 21.9 Å². The number of hydrogen-bond donors (Lipinski definition) is 0. The van der Waals surface area contributed by atoms with Gasteiger partial charge in [0.15, 0.2) is 0 Å². The van der Waals surface area contributed by atoms with Crippen LogP contribution in [0.15, 0.2) is 174 Å². The van der Waals surface area contributed by atoms with Gasteiger partial charge >= 0.3 is 0 Å². The van der Waals surface area contributed by atoms with Crippen LogP contribution in [0.1, 0.15) is 21.9 Å². The normalized spacial score (nSPS) is 16.5. The van der Waals surface area contributed by atoms with Crippen molar-refractivity contribution in [2.24, 2.45) is 0 Å². The first-order chi connectivity index (χ1) is 29.0. The number of fused-ring (bicyclic) bond motifs is 5. The van der Waals surface area contributed by atoms with Crippen molar-refractivity contribution in [2.45, 2.75) is 0 Å². The van der Waals surface area contributed by atoms with Crippen molar-refractivity contribution < 1.29 is 26.3 Å². The van der Waals surface area contributed by atoms with Crippen LogP contribution in [0, 0.1) is 0 Å². The van der Waals surface area contributed by atoms with Crippen LogP contribution in [0.4, 0.5) is 0 Å². The molecule has 210 valence electrons. The third-order valence-electron chi connectivity index (χ3n) is 7.85. The molecule has 1 heteroatoms. The maximum atomic E-state index is 9.93. The molecule has 0 aliphatic heterocycles. The molecule has 0 fully saturated rings. The van der Waals surface area contributed by atoms with Crippen molar-refractivity contribution in [3.05, 3.63) is 169 Å². The van der Waals surface area contributed by atoms with Crippen LogP contribution in [0.25, 0.3) is 88.0 Å². The van der Waals surface area contributed by atoms with E-state index in [1.54, 1.807) is 54.6 Å². The fourth-order valence-electron chi connectivity index (χ4n) is 5.86. The highest BCUT2D eigenvalue weighted by Gasteiger charge is 2.19. The Morgan fingerprint density at radius 3 is 1.84 bits per heavy atom. The number of hydrogen-bond acceptors (Lipinski definition) is 1. The Kier molecular flexibility index (Phi) is 3.28. The maximum absolute atomic E-state index is 9.93. The van der Waals surface area contributed by atoms with Gasteiger partial charge < -0.3 is 4.42 Å². The van der Waals surface area contributed by atoms with Gasteiger partial charge in [-0.25, -0.2) is 0 Å².